The molecule has 2 aromatic rings. The monoisotopic (exact) mass is 348 g/mol. The lowest BCUT2D eigenvalue weighted by atomic mass is 10.2. The Morgan fingerprint density at radius 2 is 2.12 bits per heavy atom. The van der Waals surface area contributed by atoms with Crippen LogP contribution in [0.1, 0.15) is 5.56 Å². The maximum atomic E-state index is 12.5. The van der Waals surface area contributed by atoms with Crippen LogP contribution in [0.2, 0.25) is 5.02 Å². The molecule has 1 aliphatic rings. The van der Waals surface area contributed by atoms with Gasteiger partial charge in [-0.1, -0.05) is 41.9 Å². The highest BCUT2D eigenvalue weighted by Crippen LogP contribution is 2.23. The number of carbonyl (C=O) groups excluding carboxylic acids is 1. The van der Waals surface area contributed by atoms with Crippen LogP contribution in [0.5, 0.6) is 0 Å². The Kier molecular flexibility index (Phi) is 4.82. The third-order valence-corrected chi connectivity index (χ3v) is 4.22. The number of nitrogens with two attached hydrogens (primary N) is 1. The van der Waals surface area contributed by atoms with Crippen molar-refractivity contribution in [3.63, 3.8) is 0 Å². The SMILES string of the molecule is NC(=O)C1CN(c2cnn(Cc3ccccc3)c(=O)c2Cl)CCO1. The van der Waals surface area contributed by atoms with Gasteiger partial charge in [-0.2, -0.15) is 5.10 Å². The molecule has 126 valence electrons. The number of nitrogens with zero attached hydrogens (tertiary/aromatic N) is 3. The number of rotatable bonds is 4. The number of benzene rings is 1. The van der Waals surface area contributed by atoms with Crippen molar-refractivity contribution in [1.29, 1.82) is 0 Å². The maximum Gasteiger partial charge on any atom is 0.287 e. The van der Waals surface area contributed by atoms with Crippen molar-refractivity contribution in [3.8, 4) is 0 Å². The third-order valence-electron chi connectivity index (χ3n) is 3.87. The van der Waals surface area contributed by atoms with Gasteiger partial charge in [0.05, 0.1) is 31.6 Å². The molecule has 1 atom stereocenters. The van der Waals surface area contributed by atoms with E-state index >= 15 is 0 Å². The average Bonchev–Trinajstić information content (AvgIpc) is 2.60. The van der Waals surface area contributed by atoms with E-state index < -0.39 is 12.0 Å². The molecule has 7 nitrogen and oxygen atoms in total. The minimum absolute atomic E-state index is 0.0750. The predicted octanol–water partition coefficient (Wildman–Crippen LogP) is 0.635. The quantitative estimate of drug-likeness (QED) is 0.875. The first-order valence-electron chi connectivity index (χ1n) is 7.51. The highest BCUT2D eigenvalue weighted by Gasteiger charge is 2.27. The topological polar surface area (TPSA) is 90.5 Å². The van der Waals surface area contributed by atoms with Gasteiger partial charge < -0.3 is 15.4 Å². The van der Waals surface area contributed by atoms with Crippen molar-refractivity contribution in [2.75, 3.05) is 24.6 Å². The Morgan fingerprint density at radius 3 is 2.83 bits per heavy atom. The van der Waals surface area contributed by atoms with Crippen LogP contribution in [0.25, 0.3) is 0 Å². The number of anilines is 1. The molecule has 2 heterocycles. The molecule has 0 aliphatic carbocycles. The molecule has 0 saturated carbocycles. The molecule has 24 heavy (non-hydrogen) atoms. The fraction of sp³-hybridized carbons (Fsp3) is 0.312. The van der Waals surface area contributed by atoms with Gasteiger partial charge in [0.25, 0.3) is 5.56 Å². The van der Waals surface area contributed by atoms with Crippen LogP contribution < -0.4 is 16.2 Å². The number of aromatic nitrogens is 2. The Labute approximate surface area is 143 Å². The number of primary amides is 1. The van der Waals surface area contributed by atoms with Crippen LogP contribution >= 0.6 is 11.6 Å². The molecule has 1 saturated heterocycles. The highest BCUT2D eigenvalue weighted by molar-refractivity contribution is 6.33. The fourth-order valence-electron chi connectivity index (χ4n) is 2.59. The molecule has 1 amide bonds. The summed E-state index contributed by atoms with van der Waals surface area (Å²) < 4.78 is 6.61. The zero-order valence-electron chi connectivity index (χ0n) is 12.9. The van der Waals surface area contributed by atoms with Gasteiger partial charge in [-0.25, -0.2) is 4.68 Å². The summed E-state index contributed by atoms with van der Waals surface area (Å²) in [4.78, 5) is 25.6. The molecule has 8 heteroatoms. The number of ether oxygens (including phenoxy) is 1. The summed E-state index contributed by atoms with van der Waals surface area (Å²) in [5, 5.41) is 4.28. The second-order valence-corrected chi connectivity index (χ2v) is 5.88. The maximum absolute atomic E-state index is 12.5. The number of amides is 1. The van der Waals surface area contributed by atoms with Crippen LogP contribution in [0.4, 0.5) is 5.69 Å². The molecule has 1 aromatic carbocycles. The van der Waals surface area contributed by atoms with Crippen LogP contribution in [-0.2, 0) is 16.1 Å². The summed E-state index contributed by atoms with van der Waals surface area (Å²) >= 11 is 6.25. The first kappa shape index (κ1) is 16.5. The first-order chi connectivity index (χ1) is 11.6. The molecule has 0 spiro atoms. The number of carbonyl (C=O) groups is 1. The Morgan fingerprint density at radius 1 is 1.38 bits per heavy atom. The van der Waals surface area contributed by atoms with E-state index in [4.69, 9.17) is 22.1 Å². The van der Waals surface area contributed by atoms with E-state index in [1.165, 1.54) is 10.9 Å². The number of hydrogen-bond acceptors (Lipinski definition) is 5. The largest absolute Gasteiger partial charge is 0.367 e. The summed E-state index contributed by atoms with van der Waals surface area (Å²) in [5.74, 6) is -0.541. The van der Waals surface area contributed by atoms with Gasteiger partial charge in [-0.15, -0.1) is 0 Å². The van der Waals surface area contributed by atoms with Crippen molar-refractivity contribution < 1.29 is 9.53 Å². The van der Waals surface area contributed by atoms with Crippen LogP contribution in [0.15, 0.2) is 41.3 Å². The first-order valence-corrected chi connectivity index (χ1v) is 7.89. The lowest BCUT2D eigenvalue weighted by Crippen LogP contribution is -2.49. The van der Waals surface area contributed by atoms with E-state index in [1.54, 1.807) is 4.90 Å². The highest BCUT2D eigenvalue weighted by atomic mass is 35.5. The summed E-state index contributed by atoms with van der Waals surface area (Å²) in [6.07, 6.45) is 0.817. The number of hydrogen-bond donors (Lipinski definition) is 1. The zero-order valence-corrected chi connectivity index (χ0v) is 13.6. The Balaban J connectivity index is 1.85. The van der Waals surface area contributed by atoms with Crippen molar-refractivity contribution in [3.05, 3.63) is 57.5 Å². The lowest BCUT2D eigenvalue weighted by Gasteiger charge is -2.33. The molecule has 3 rings (SSSR count). The smallest absolute Gasteiger partial charge is 0.287 e. The summed E-state index contributed by atoms with van der Waals surface area (Å²) in [6, 6.07) is 9.52. The van der Waals surface area contributed by atoms with E-state index in [0.717, 1.165) is 5.56 Å². The molecular formula is C16H17ClN4O3. The molecule has 1 fully saturated rings. The van der Waals surface area contributed by atoms with Crippen LogP contribution in [-0.4, -0.2) is 41.5 Å². The van der Waals surface area contributed by atoms with Crippen LogP contribution in [0.3, 0.4) is 0 Å². The van der Waals surface area contributed by atoms with E-state index in [9.17, 15) is 9.59 Å². The molecule has 1 aliphatic heterocycles. The predicted molar refractivity (Wildman–Crippen MR) is 90.2 cm³/mol. The summed E-state index contributed by atoms with van der Waals surface area (Å²) in [5.41, 5.74) is 6.35. The number of halogens is 1. The molecular weight excluding hydrogens is 332 g/mol. The van der Waals surface area contributed by atoms with Crippen LogP contribution in [0, 0.1) is 0 Å². The third kappa shape index (κ3) is 3.42. The van der Waals surface area contributed by atoms with Crippen molar-refractivity contribution in [1.82, 2.24) is 9.78 Å². The van der Waals surface area contributed by atoms with E-state index in [0.29, 0.717) is 25.4 Å². The summed E-state index contributed by atoms with van der Waals surface area (Å²) in [6.45, 7) is 1.43. The normalized spacial score (nSPS) is 17.7. The second-order valence-electron chi connectivity index (χ2n) is 5.50. The van der Waals surface area contributed by atoms with Gasteiger partial charge >= 0.3 is 0 Å². The van der Waals surface area contributed by atoms with Crippen molar-refractivity contribution in [2.45, 2.75) is 12.6 Å². The van der Waals surface area contributed by atoms with Gasteiger partial charge in [0.1, 0.15) is 5.02 Å². The fourth-order valence-corrected chi connectivity index (χ4v) is 2.85. The molecule has 2 N–H and O–H groups in total. The van der Waals surface area contributed by atoms with Gasteiger partial charge in [-0.05, 0) is 5.56 Å². The standard InChI is InChI=1S/C16H17ClN4O3/c17-14-12(20-6-7-24-13(10-20)15(18)22)8-19-21(16(14)23)9-11-4-2-1-3-5-11/h1-5,8,13H,6-7,9-10H2,(H2,18,22). The Hall–Kier alpha value is -2.38. The molecule has 0 bridgehead atoms. The minimum Gasteiger partial charge on any atom is -0.367 e. The van der Waals surface area contributed by atoms with E-state index in [-0.39, 0.29) is 17.1 Å². The zero-order chi connectivity index (χ0) is 17.1. The molecule has 1 aromatic heterocycles. The lowest BCUT2D eigenvalue weighted by molar-refractivity contribution is -0.130. The summed E-state index contributed by atoms with van der Waals surface area (Å²) in [7, 11) is 0. The van der Waals surface area contributed by atoms with Gasteiger partial charge in [0, 0.05) is 6.54 Å². The average molecular weight is 349 g/mol. The number of morpholine rings is 1. The van der Waals surface area contributed by atoms with Gasteiger partial charge in [0.15, 0.2) is 6.10 Å². The second kappa shape index (κ2) is 7.02. The van der Waals surface area contributed by atoms with E-state index in [2.05, 4.69) is 5.10 Å². The van der Waals surface area contributed by atoms with Crippen molar-refractivity contribution >= 4 is 23.2 Å². The Bertz CT molecular complexity index is 794. The van der Waals surface area contributed by atoms with Gasteiger partial charge in [0.2, 0.25) is 5.91 Å². The van der Waals surface area contributed by atoms with E-state index in [1.807, 2.05) is 30.3 Å². The van der Waals surface area contributed by atoms with Crippen molar-refractivity contribution in [2.24, 2.45) is 5.73 Å². The molecule has 1 unspecified atom stereocenters. The van der Waals surface area contributed by atoms with Gasteiger partial charge in [-0.3, -0.25) is 9.59 Å². The molecule has 0 radical (unpaired) electrons. The minimum atomic E-state index is -0.721.